The maximum atomic E-state index is 11.0. The molecule has 1 aliphatic rings. The van der Waals surface area contributed by atoms with Crippen LogP contribution < -0.4 is 0 Å². The zero-order chi connectivity index (χ0) is 6.69. The standard InChI is InChI=1S/C8H14O/c1-2-7-5-3-4-6-8(7)9/h7H,2-6H2,1H3/t7-/m1/s1. The lowest BCUT2D eigenvalue weighted by Gasteiger charge is -2.17. The number of hydrogen-bond acceptors (Lipinski definition) is 1. The molecule has 1 aliphatic carbocycles. The van der Waals surface area contributed by atoms with Gasteiger partial charge in [-0.05, 0) is 19.3 Å². The summed E-state index contributed by atoms with van der Waals surface area (Å²) in [6.45, 7) is 2.11. The highest BCUT2D eigenvalue weighted by molar-refractivity contribution is 5.81. The van der Waals surface area contributed by atoms with Crippen LogP contribution in [0.2, 0.25) is 0 Å². The second-order valence-corrected chi connectivity index (χ2v) is 2.82. The van der Waals surface area contributed by atoms with E-state index < -0.39 is 0 Å². The molecule has 0 radical (unpaired) electrons. The lowest BCUT2D eigenvalue weighted by molar-refractivity contribution is -0.124. The van der Waals surface area contributed by atoms with E-state index in [-0.39, 0.29) is 0 Å². The van der Waals surface area contributed by atoms with Crippen LogP contribution in [-0.2, 0) is 4.79 Å². The van der Waals surface area contributed by atoms with Crippen LogP contribution in [0.3, 0.4) is 0 Å². The van der Waals surface area contributed by atoms with Crippen LogP contribution in [-0.4, -0.2) is 5.78 Å². The molecule has 0 aliphatic heterocycles. The number of rotatable bonds is 1. The average Bonchev–Trinajstić information content (AvgIpc) is 1.89. The quantitative estimate of drug-likeness (QED) is 0.526. The van der Waals surface area contributed by atoms with Crippen molar-refractivity contribution in [3.05, 3.63) is 0 Å². The van der Waals surface area contributed by atoms with Crippen molar-refractivity contribution in [1.82, 2.24) is 0 Å². The SMILES string of the molecule is CC[C@@H]1CCCCC1=O. The molecule has 0 spiro atoms. The Labute approximate surface area is 56.4 Å². The first-order chi connectivity index (χ1) is 4.34. The van der Waals surface area contributed by atoms with Crippen LogP contribution in [0.1, 0.15) is 39.0 Å². The summed E-state index contributed by atoms with van der Waals surface area (Å²) >= 11 is 0. The smallest absolute Gasteiger partial charge is 0.135 e. The van der Waals surface area contributed by atoms with Crippen LogP contribution >= 0.6 is 0 Å². The molecule has 0 bridgehead atoms. The van der Waals surface area contributed by atoms with Crippen LogP contribution in [0, 0.1) is 5.92 Å². The Morgan fingerprint density at radius 1 is 1.56 bits per heavy atom. The maximum Gasteiger partial charge on any atom is 0.135 e. The summed E-state index contributed by atoms with van der Waals surface area (Å²) in [5.74, 6) is 0.919. The van der Waals surface area contributed by atoms with Crippen molar-refractivity contribution in [3.8, 4) is 0 Å². The van der Waals surface area contributed by atoms with Gasteiger partial charge in [0.25, 0.3) is 0 Å². The van der Waals surface area contributed by atoms with Crippen LogP contribution in [0.4, 0.5) is 0 Å². The fraction of sp³-hybridized carbons (Fsp3) is 0.875. The predicted molar refractivity (Wildman–Crippen MR) is 37.3 cm³/mol. The Bertz CT molecular complexity index is 107. The van der Waals surface area contributed by atoms with Gasteiger partial charge in [0.05, 0.1) is 0 Å². The van der Waals surface area contributed by atoms with Crippen LogP contribution in [0.25, 0.3) is 0 Å². The molecule has 0 aromatic rings. The Morgan fingerprint density at radius 2 is 2.33 bits per heavy atom. The molecule has 0 amide bonds. The number of carbonyl (C=O) groups excluding carboxylic acids is 1. The second-order valence-electron chi connectivity index (χ2n) is 2.82. The first-order valence-electron chi connectivity index (χ1n) is 3.87. The lowest BCUT2D eigenvalue weighted by atomic mass is 9.86. The molecule has 0 N–H and O–H groups in total. The van der Waals surface area contributed by atoms with Gasteiger partial charge in [0.1, 0.15) is 5.78 Å². The first kappa shape index (κ1) is 6.79. The Kier molecular flexibility index (Phi) is 2.26. The van der Waals surface area contributed by atoms with Gasteiger partial charge in [-0.1, -0.05) is 13.3 Å². The first-order valence-corrected chi connectivity index (χ1v) is 3.87. The molecule has 0 aromatic carbocycles. The molecule has 1 saturated carbocycles. The van der Waals surface area contributed by atoms with E-state index in [0.29, 0.717) is 11.7 Å². The van der Waals surface area contributed by atoms with E-state index in [9.17, 15) is 4.79 Å². The summed E-state index contributed by atoms with van der Waals surface area (Å²) in [4.78, 5) is 11.0. The van der Waals surface area contributed by atoms with Crippen molar-refractivity contribution in [2.75, 3.05) is 0 Å². The summed E-state index contributed by atoms with van der Waals surface area (Å²) < 4.78 is 0. The Morgan fingerprint density at radius 3 is 2.78 bits per heavy atom. The van der Waals surface area contributed by atoms with Crippen molar-refractivity contribution >= 4 is 5.78 Å². The number of carbonyl (C=O) groups is 1. The molecule has 9 heavy (non-hydrogen) atoms. The number of ketones is 1. The summed E-state index contributed by atoms with van der Waals surface area (Å²) in [5.41, 5.74) is 0. The normalized spacial score (nSPS) is 28.6. The van der Waals surface area contributed by atoms with Crippen molar-refractivity contribution in [2.24, 2.45) is 5.92 Å². The molecule has 1 rings (SSSR count). The van der Waals surface area contributed by atoms with Crippen molar-refractivity contribution in [3.63, 3.8) is 0 Å². The van der Waals surface area contributed by atoms with Gasteiger partial charge >= 0.3 is 0 Å². The van der Waals surface area contributed by atoms with E-state index in [4.69, 9.17) is 0 Å². The zero-order valence-corrected chi connectivity index (χ0v) is 6.02. The minimum atomic E-state index is 0.416. The number of hydrogen-bond donors (Lipinski definition) is 0. The second kappa shape index (κ2) is 3.00. The highest BCUT2D eigenvalue weighted by Gasteiger charge is 2.19. The largest absolute Gasteiger partial charge is 0.299 e. The molecule has 1 heteroatoms. The van der Waals surface area contributed by atoms with Crippen molar-refractivity contribution < 1.29 is 4.79 Å². The average molecular weight is 126 g/mol. The van der Waals surface area contributed by atoms with Gasteiger partial charge in [-0.15, -0.1) is 0 Å². The topological polar surface area (TPSA) is 17.1 Å². The molecule has 1 fully saturated rings. The van der Waals surface area contributed by atoms with E-state index in [1.807, 2.05) is 0 Å². The fourth-order valence-electron chi connectivity index (χ4n) is 1.49. The van der Waals surface area contributed by atoms with E-state index in [1.165, 1.54) is 6.42 Å². The highest BCUT2D eigenvalue weighted by atomic mass is 16.1. The Hall–Kier alpha value is -0.330. The van der Waals surface area contributed by atoms with Gasteiger partial charge in [0.15, 0.2) is 0 Å². The van der Waals surface area contributed by atoms with E-state index in [1.54, 1.807) is 0 Å². The molecular formula is C8H14O. The molecule has 0 saturated heterocycles. The molecule has 1 atom stereocenters. The van der Waals surface area contributed by atoms with Crippen molar-refractivity contribution in [2.45, 2.75) is 39.0 Å². The third kappa shape index (κ3) is 1.54. The lowest BCUT2D eigenvalue weighted by Crippen LogP contribution is -2.17. The van der Waals surface area contributed by atoms with Crippen LogP contribution in [0.5, 0.6) is 0 Å². The third-order valence-electron chi connectivity index (χ3n) is 2.17. The maximum absolute atomic E-state index is 11.0. The fourth-order valence-corrected chi connectivity index (χ4v) is 1.49. The van der Waals surface area contributed by atoms with Crippen LogP contribution in [0.15, 0.2) is 0 Å². The molecule has 0 heterocycles. The predicted octanol–water partition coefficient (Wildman–Crippen LogP) is 2.16. The molecule has 0 aromatic heterocycles. The molecule has 52 valence electrons. The zero-order valence-electron chi connectivity index (χ0n) is 6.02. The van der Waals surface area contributed by atoms with Gasteiger partial charge in [-0.2, -0.15) is 0 Å². The van der Waals surface area contributed by atoms with E-state index in [0.717, 1.165) is 25.7 Å². The summed E-state index contributed by atoms with van der Waals surface area (Å²) in [6.07, 6.45) is 5.45. The molecular weight excluding hydrogens is 112 g/mol. The van der Waals surface area contributed by atoms with Gasteiger partial charge < -0.3 is 0 Å². The van der Waals surface area contributed by atoms with Gasteiger partial charge in [0, 0.05) is 12.3 Å². The van der Waals surface area contributed by atoms with E-state index >= 15 is 0 Å². The molecule has 1 nitrogen and oxygen atoms in total. The summed E-state index contributed by atoms with van der Waals surface area (Å²) in [7, 11) is 0. The number of Topliss-reactive ketones (excluding diaryl/α,β-unsaturated/α-hetero) is 1. The molecule has 0 unspecified atom stereocenters. The summed E-state index contributed by atoms with van der Waals surface area (Å²) in [5, 5.41) is 0. The van der Waals surface area contributed by atoms with E-state index in [2.05, 4.69) is 6.92 Å². The van der Waals surface area contributed by atoms with Gasteiger partial charge in [-0.3, -0.25) is 4.79 Å². The monoisotopic (exact) mass is 126 g/mol. The highest BCUT2D eigenvalue weighted by Crippen LogP contribution is 2.22. The minimum absolute atomic E-state index is 0.416. The van der Waals surface area contributed by atoms with Gasteiger partial charge in [-0.25, -0.2) is 0 Å². The van der Waals surface area contributed by atoms with Crippen molar-refractivity contribution in [1.29, 1.82) is 0 Å². The summed E-state index contributed by atoms with van der Waals surface area (Å²) in [6, 6.07) is 0. The Balaban J connectivity index is 2.39. The van der Waals surface area contributed by atoms with Gasteiger partial charge in [0.2, 0.25) is 0 Å². The minimum Gasteiger partial charge on any atom is -0.299 e. The third-order valence-corrected chi connectivity index (χ3v) is 2.17.